The highest BCUT2D eigenvalue weighted by molar-refractivity contribution is 5.20. The average molecular weight is 239 g/mol. The molecule has 2 N–H and O–H groups in total. The molecule has 96 valence electrons. The molecule has 3 heteroatoms. The van der Waals surface area contributed by atoms with Crippen molar-refractivity contribution >= 4 is 0 Å². The number of aliphatic hydroxyl groups is 1. The van der Waals surface area contributed by atoms with Crippen LogP contribution < -0.4 is 5.32 Å². The van der Waals surface area contributed by atoms with Gasteiger partial charge in [0.25, 0.3) is 0 Å². The first-order valence-corrected chi connectivity index (χ1v) is 6.16. The van der Waals surface area contributed by atoms with E-state index in [1.165, 1.54) is 6.07 Å². The van der Waals surface area contributed by atoms with E-state index >= 15 is 0 Å². The summed E-state index contributed by atoms with van der Waals surface area (Å²) in [5.41, 5.74) is -0.0892. The fourth-order valence-electron chi connectivity index (χ4n) is 1.94. The van der Waals surface area contributed by atoms with Crippen LogP contribution in [0.1, 0.15) is 45.2 Å². The largest absolute Gasteiger partial charge is 0.389 e. The van der Waals surface area contributed by atoms with Crippen LogP contribution in [0.4, 0.5) is 4.39 Å². The Hall–Kier alpha value is -0.930. The Morgan fingerprint density at radius 2 is 2.06 bits per heavy atom. The van der Waals surface area contributed by atoms with Gasteiger partial charge < -0.3 is 10.4 Å². The first-order chi connectivity index (χ1) is 7.96. The Morgan fingerprint density at radius 3 is 2.65 bits per heavy atom. The molecule has 0 saturated heterocycles. The smallest absolute Gasteiger partial charge is 0.127 e. The summed E-state index contributed by atoms with van der Waals surface area (Å²) < 4.78 is 13.5. The number of halogens is 1. The average Bonchev–Trinajstić information content (AvgIpc) is 2.27. The maximum atomic E-state index is 13.5. The van der Waals surface area contributed by atoms with Crippen molar-refractivity contribution in [3.05, 3.63) is 35.6 Å². The van der Waals surface area contributed by atoms with Gasteiger partial charge in [0.1, 0.15) is 5.82 Å². The van der Waals surface area contributed by atoms with Crippen molar-refractivity contribution in [2.75, 3.05) is 6.54 Å². The molecule has 2 nitrogen and oxygen atoms in total. The molecule has 1 aromatic carbocycles. The molecule has 17 heavy (non-hydrogen) atoms. The van der Waals surface area contributed by atoms with Crippen LogP contribution in [0.3, 0.4) is 0 Å². The fraction of sp³-hybridized carbons (Fsp3) is 0.571. The van der Waals surface area contributed by atoms with Crippen LogP contribution in [-0.2, 0) is 0 Å². The minimum Gasteiger partial charge on any atom is -0.389 e. The van der Waals surface area contributed by atoms with E-state index in [1.807, 2.05) is 19.9 Å². The first kappa shape index (κ1) is 14.1. The summed E-state index contributed by atoms with van der Waals surface area (Å²) in [6.45, 7) is 6.21. The number of nitrogens with one attached hydrogen (secondary N) is 1. The lowest BCUT2D eigenvalue weighted by Gasteiger charge is -2.25. The second-order valence-electron chi connectivity index (χ2n) is 4.87. The van der Waals surface area contributed by atoms with Gasteiger partial charge in [-0.15, -0.1) is 0 Å². The van der Waals surface area contributed by atoms with E-state index in [1.54, 1.807) is 19.1 Å². The van der Waals surface area contributed by atoms with Crippen LogP contribution in [0.25, 0.3) is 0 Å². The molecule has 0 amide bonds. The predicted octanol–water partition coefficient (Wildman–Crippen LogP) is 3.03. The summed E-state index contributed by atoms with van der Waals surface area (Å²) >= 11 is 0. The van der Waals surface area contributed by atoms with Crippen molar-refractivity contribution in [3.63, 3.8) is 0 Å². The molecule has 0 spiro atoms. The number of benzene rings is 1. The maximum Gasteiger partial charge on any atom is 0.127 e. The number of rotatable bonds is 6. The summed E-state index contributed by atoms with van der Waals surface area (Å²) in [7, 11) is 0. The minimum atomic E-state index is -0.728. The van der Waals surface area contributed by atoms with E-state index in [2.05, 4.69) is 5.32 Å². The van der Waals surface area contributed by atoms with Crippen molar-refractivity contribution in [1.82, 2.24) is 5.32 Å². The highest BCUT2D eigenvalue weighted by atomic mass is 19.1. The standard InChI is InChI=1S/C14H22FNO/c1-4-9-14(3,17)10-16-11(2)12-7-5-6-8-13(12)15/h5-8,11,16-17H,4,9-10H2,1-3H3. The zero-order valence-corrected chi connectivity index (χ0v) is 10.8. The molecule has 2 unspecified atom stereocenters. The highest BCUT2D eigenvalue weighted by Gasteiger charge is 2.20. The molecule has 0 aliphatic carbocycles. The minimum absolute atomic E-state index is 0.0977. The quantitative estimate of drug-likeness (QED) is 0.799. The normalized spacial score (nSPS) is 16.5. The molecule has 1 aromatic rings. The second-order valence-corrected chi connectivity index (χ2v) is 4.87. The third-order valence-corrected chi connectivity index (χ3v) is 2.95. The van der Waals surface area contributed by atoms with Gasteiger partial charge in [0.2, 0.25) is 0 Å². The molecule has 1 rings (SSSR count). The third kappa shape index (κ3) is 4.44. The van der Waals surface area contributed by atoms with E-state index in [0.29, 0.717) is 12.1 Å². The Labute approximate surface area is 103 Å². The lowest BCUT2D eigenvalue weighted by Crippen LogP contribution is -2.38. The Bertz CT molecular complexity index is 352. The Balaban J connectivity index is 2.56. The van der Waals surface area contributed by atoms with Gasteiger partial charge in [-0.3, -0.25) is 0 Å². The zero-order chi connectivity index (χ0) is 12.9. The van der Waals surface area contributed by atoms with Crippen molar-refractivity contribution in [2.24, 2.45) is 0 Å². The van der Waals surface area contributed by atoms with Gasteiger partial charge in [0.05, 0.1) is 5.60 Å². The van der Waals surface area contributed by atoms with Crippen molar-refractivity contribution in [3.8, 4) is 0 Å². The van der Waals surface area contributed by atoms with Crippen LogP contribution in [0, 0.1) is 5.82 Å². The molecular weight excluding hydrogens is 217 g/mol. The summed E-state index contributed by atoms with van der Waals surface area (Å²) in [5.74, 6) is -0.206. The lowest BCUT2D eigenvalue weighted by molar-refractivity contribution is 0.0475. The highest BCUT2D eigenvalue weighted by Crippen LogP contribution is 2.18. The summed E-state index contributed by atoms with van der Waals surface area (Å²) in [6, 6.07) is 6.62. The van der Waals surface area contributed by atoms with Gasteiger partial charge in [-0.2, -0.15) is 0 Å². The van der Waals surface area contributed by atoms with Crippen LogP contribution in [0.15, 0.2) is 24.3 Å². The number of hydrogen-bond donors (Lipinski definition) is 2. The molecule has 0 aliphatic rings. The van der Waals surface area contributed by atoms with Crippen molar-refractivity contribution in [1.29, 1.82) is 0 Å². The zero-order valence-electron chi connectivity index (χ0n) is 10.8. The lowest BCUT2D eigenvalue weighted by atomic mass is 9.99. The second kappa shape index (κ2) is 6.12. The summed E-state index contributed by atoms with van der Waals surface area (Å²) in [6.07, 6.45) is 1.67. The monoisotopic (exact) mass is 239 g/mol. The van der Waals surface area contributed by atoms with E-state index in [-0.39, 0.29) is 11.9 Å². The topological polar surface area (TPSA) is 32.3 Å². The molecule has 0 aliphatic heterocycles. The third-order valence-electron chi connectivity index (χ3n) is 2.95. The van der Waals surface area contributed by atoms with Gasteiger partial charge >= 0.3 is 0 Å². The molecule has 0 fully saturated rings. The van der Waals surface area contributed by atoms with E-state index in [9.17, 15) is 9.50 Å². The van der Waals surface area contributed by atoms with Gasteiger partial charge in [-0.1, -0.05) is 31.5 Å². The van der Waals surface area contributed by atoms with E-state index in [0.717, 1.165) is 12.8 Å². The maximum absolute atomic E-state index is 13.5. The molecular formula is C14H22FNO. The van der Waals surface area contributed by atoms with Crippen LogP contribution in [-0.4, -0.2) is 17.3 Å². The predicted molar refractivity (Wildman–Crippen MR) is 68.3 cm³/mol. The SMILES string of the molecule is CCCC(C)(O)CNC(C)c1ccccc1F. The van der Waals surface area contributed by atoms with Gasteiger partial charge in [-0.25, -0.2) is 4.39 Å². The van der Waals surface area contributed by atoms with Crippen molar-refractivity contribution in [2.45, 2.75) is 45.3 Å². The van der Waals surface area contributed by atoms with Gasteiger partial charge in [0, 0.05) is 18.2 Å². The van der Waals surface area contributed by atoms with Gasteiger partial charge in [-0.05, 0) is 26.3 Å². The Morgan fingerprint density at radius 1 is 1.41 bits per heavy atom. The van der Waals surface area contributed by atoms with Crippen LogP contribution in [0.5, 0.6) is 0 Å². The fourth-order valence-corrected chi connectivity index (χ4v) is 1.94. The molecule has 0 bridgehead atoms. The molecule has 0 saturated carbocycles. The Kier molecular flexibility index (Phi) is 5.09. The first-order valence-electron chi connectivity index (χ1n) is 6.16. The summed E-state index contributed by atoms with van der Waals surface area (Å²) in [4.78, 5) is 0. The molecule has 0 radical (unpaired) electrons. The van der Waals surface area contributed by atoms with Crippen molar-refractivity contribution < 1.29 is 9.50 Å². The van der Waals surface area contributed by atoms with E-state index < -0.39 is 5.60 Å². The van der Waals surface area contributed by atoms with Gasteiger partial charge in [0.15, 0.2) is 0 Å². The van der Waals surface area contributed by atoms with Crippen LogP contribution in [0.2, 0.25) is 0 Å². The number of hydrogen-bond acceptors (Lipinski definition) is 2. The van der Waals surface area contributed by atoms with Crippen LogP contribution >= 0.6 is 0 Å². The molecule has 0 aromatic heterocycles. The molecule has 2 atom stereocenters. The summed E-state index contributed by atoms with van der Waals surface area (Å²) in [5, 5.41) is 13.2. The molecule has 0 heterocycles. The van der Waals surface area contributed by atoms with E-state index in [4.69, 9.17) is 0 Å².